The molecule has 82 valence electrons. The average molecular weight is 227 g/mol. The molecular weight excluding hydrogens is 214 g/mol. The highest BCUT2D eigenvalue weighted by molar-refractivity contribution is 8.15. The van der Waals surface area contributed by atoms with Crippen molar-refractivity contribution in [2.24, 2.45) is 5.92 Å². The van der Waals surface area contributed by atoms with Crippen LogP contribution in [0.4, 0.5) is 0 Å². The first-order valence-electron chi connectivity index (χ1n) is 4.90. The Kier molecular flexibility index (Phi) is 2.60. The molecule has 0 spiro atoms. The summed E-state index contributed by atoms with van der Waals surface area (Å²) in [5, 5.41) is 8.72. The number of hydrogen-bond acceptors (Lipinski definition) is 4. The number of carbonyl (C=O) groups excluding carboxylic acids is 2. The monoisotopic (exact) mass is 227 g/mol. The van der Waals surface area contributed by atoms with Crippen LogP contribution in [-0.4, -0.2) is 33.0 Å². The Morgan fingerprint density at radius 3 is 2.67 bits per heavy atom. The highest BCUT2D eigenvalue weighted by Crippen LogP contribution is 2.48. The van der Waals surface area contributed by atoms with Crippen molar-refractivity contribution in [2.45, 2.75) is 25.6 Å². The minimum Gasteiger partial charge on any atom is -0.396 e. The SMILES string of the molecule is CC(C)=C1C(=O)S[C@@H]2[C@@H](CCO)C(=O)N12. The number of nitrogens with zero attached hydrogens (tertiary/aromatic N) is 1. The van der Waals surface area contributed by atoms with Gasteiger partial charge in [0.25, 0.3) is 0 Å². The summed E-state index contributed by atoms with van der Waals surface area (Å²) in [4.78, 5) is 24.9. The van der Waals surface area contributed by atoms with Crippen molar-refractivity contribution < 1.29 is 14.7 Å². The van der Waals surface area contributed by atoms with Crippen LogP contribution in [0.2, 0.25) is 0 Å². The standard InChI is InChI=1S/C10H13NO3S/c1-5(2)7-10(14)15-9-6(3-4-12)8(13)11(7)9/h6,9,12H,3-4H2,1-2H3/t6-,9+/m0/s1. The molecule has 2 aliphatic heterocycles. The molecule has 0 aromatic heterocycles. The van der Waals surface area contributed by atoms with Crippen molar-refractivity contribution in [2.75, 3.05) is 6.61 Å². The van der Waals surface area contributed by atoms with Crippen LogP contribution in [0.15, 0.2) is 11.3 Å². The van der Waals surface area contributed by atoms with Crippen LogP contribution < -0.4 is 0 Å². The summed E-state index contributed by atoms with van der Waals surface area (Å²) in [5.74, 6) is -0.204. The lowest BCUT2D eigenvalue weighted by Gasteiger charge is -2.41. The zero-order valence-corrected chi connectivity index (χ0v) is 9.50. The highest BCUT2D eigenvalue weighted by atomic mass is 32.2. The summed E-state index contributed by atoms with van der Waals surface area (Å²) in [6.07, 6.45) is 0.455. The number of β-lactam (4-membered cyclic amide) rings is 1. The molecule has 0 unspecified atom stereocenters. The summed E-state index contributed by atoms with van der Waals surface area (Å²) in [7, 11) is 0. The van der Waals surface area contributed by atoms with E-state index in [1.165, 1.54) is 11.8 Å². The number of fused-ring (bicyclic) bond motifs is 1. The van der Waals surface area contributed by atoms with Crippen molar-refractivity contribution >= 4 is 22.8 Å². The maximum atomic E-state index is 11.7. The van der Waals surface area contributed by atoms with E-state index in [0.29, 0.717) is 12.1 Å². The highest BCUT2D eigenvalue weighted by Gasteiger charge is 2.55. The molecule has 1 N–H and O–H groups in total. The summed E-state index contributed by atoms with van der Waals surface area (Å²) in [6, 6.07) is 0. The molecule has 15 heavy (non-hydrogen) atoms. The van der Waals surface area contributed by atoms with Crippen molar-refractivity contribution in [1.29, 1.82) is 0 Å². The van der Waals surface area contributed by atoms with Gasteiger partial charge in [0.2, 0.25) is 11.0 Å². The zero-order chi connectivity index (χ0) is 11.2. The van der Waals surface area contributed by atoms with Gasteiger partial charge in [-0.1, -0.05) is 11.8 Å². The summed E-state index contributed by atoms with van der Waals surface area (Å²) >= 11 is 1.20. The van der Waals surface area contributed by atoms with Crippen molar-refractivity contribution in [1.82, 2.24) is 4.90 Å². The molecule has 0 radical (unpaired) electrons. The fourth-order valence-electron chi connectivity index (χ4n) is 2.01. The Labute approximate surface area is 92.3 Å². The summed E-state index contributed by atoms with van der Waals surface area (Å²) in [6.45, 7) is 3.67. The summed E-state index contributed by atoms with van der Waals surface area (Å²) < 4.78 is 0. The van der Waals surface area contributed by atoms with E-state index in [-0.39, 0.29) is 28.9 Å². The minimum absolute atomic E-state index is 0.000345. The van der Waals surface area contributed by atoms with E-state index in [4.69, 9.17) is 5.11 Å². The van der Waals surface area contributed by atoms with Crippen LogP contribution in [0.3, 0.4) is 0 Å². The Morgan fingerprint density at radius 1 is 1.47 bits per heavy atom. The molecule has 0 bridgehead atoms. The second-order valence-electron chi connectivity index (χ2n) is 3.97. The van der Waals surface area contributed by atoms with Crippen LogP contribution in [0.1, 0.15) is 20.3 Å². The molecule has 5 heteroatoms. The molecular formula is C10H13NO3S. The van der Waals surface area contributed by atoms with Gasteiger partial charge in [-0.15, -0.1) is 0 Å². The van der Waals surface area contributed by atoms with Gasteiger partial charge in [-0.25, -0.2) is 0 Å². The van der Waals surface area contributed by atoms with Crippen LogP contribution in [0.5, 0.6) is 0 Å². The molecule has 2 saturated heterocycles. The Bertz CT molecular complexity index is 360. The lowest BCUT2D eigenvalue weighted by molar-refractivity contribution is -0.147. The van der Waals surface area contributed by atoms with Crippen molar-refractivity contribution in [3.63, 3.8) is 0 Å². The quantitative estimate of drug-likeness (QED) is 0.558. The van der Waals surface area contributed by atoms with Crippen molar-refractivity contribution in [3.8, 4) is 0 Å². The number of rotatable bonds is 2. The van der Waals surface area contributed by atoms with E-state index in [2.05, 4.69) is 0 Å². The first-order chi connectivity index (χ1) is 7.07. The molecule has 2 aliphatic rings. The minimum atomic E-state index is -0.180. The zero-order valence-electron chi connectivity index (χ0n) is 8.69. The molecule has 0 aromatic carbocycles. The maximum Gasteiger partial charge on any atom is 0.237 e. The molecule has 2 rings (SSSR count). The van der Waals surface area contributed by atoms with E-state index in [0.717, 1.165) is 5.57 Å². The number of thioether (sulfide) groups is 1. The van der Waals surface area contributed by atoms with E-state index < -0.39 is 0 Å². The predicted octanol–water partition coefficient (Wildman–Crippen LogP) is 0.721. The number of aliphatic hydroxyl groups is 1. The molecule has 4 nitrogen and oxygen atoms in total. The van der Waals surface area contributed by atoms with E-state index in [1.807, 2.05) is 13.8 Å². The van der Waals surface area contributed by atoms with Gasteiger partial charge >= 0.3 is 0 Å². The molecule has 1 amide bonds. The molecule has 2 atom stereocenters. The van der Waals surface area contributed by atoms with E-state index in [9.17, 15) is 9.59 Å². The lowest BCUT2D eigenvalue weighted by Crippen LogP contribution is -2.55. The van der Waals surface area contributed by atoms with Gasteiger partial charge in [0, 0.05) is 6.61 Å². The van der Waals surface area contributed by atoms with Gasteiger partial charge in [-0.2, -0.15) is 0 Å². The second kappa shape index (κ2) is 3.64. The van der Waals surface area contributed by atoms with Crippen LogP contribution in [0, 0.1) is 5.92 Å². The number of allylic oxidation sites excluding steroid dienone is 1. The second-order valence-corrected chi connectivity index (χ2v) is 5.06. The number of hydrogen-bond donors (Lipinski definition) is 1. The third-order valence-electron chi connectivity index (χ3n) is 2.73. The molecule has 0 saturated carbocycles. The Balaban J connectivity index is 2.24. The number of amides is 1. The molecule has 2 fully saturated rings. The first kappa shape index (κ1) is 10.7. The topological polar surface area (TPSA) is 57.6 Å². The third-order valence-corrected chi connectivity index (χ3v) is 3.92. The van der Waals surface area contributed by atoms with E-state index >= 15 is 0 Å². The van der Waals surface area contributed by atoms with Crippen LogP contribution >= 0.6 is 11.8 Å². The normalized spacial score (nSPS) is 29.3. The average Bonchev–Trinajstić information content (AvgIpc) is 2.49. The maximum absolute atomic E-state index is 11.7. The van der Waals surface area contributed by atoms with Gasteiger partial charge in [-0.05, 0) is 25.8 Å². The van der Waals surface area contributed by atoms with Crippen molar-refractivity contribution in [3.05, 3.63) is 11.3 Å². The lowest BCUT2D eigenvalue weighted by atomic mass is 9.94. The van der Waals surface area contributed by atoms with Gasteiger partial charge in [0.05, 0.1) is 11.6 Å². The van der Waals surface area contributed by atoms with Gasteiger partial charge in [0.15, 0.2) is 0 Å². The van der Waals surface area contributed by atoms with Gasteiger partial charge < -0.3 is 5.11 Å². The van der Waals surface area contributed by atoms with Crippen LogP contribution in [-0.2, 0) is 9.59 Å². The smallest absolute Gasteiger partial charge is 0.237 e. The Hall–Kier alpha value is -0.810. The first-order valence-corrected chi connectivity index (χ1v) is 5.78. The van der Waals surface area contributed by atoms with Gasteiger partial charge in [-0.3, -0.25) is 14.5 Å². The van der Waals surface area contributed by atoms with Gasteiger partial charge in [0.1, 0.15) is 5.37 Å². The van der Waals surface area contributed by atoms with Crippen LogP contribution in [0.25, 0.3) is 0 Å². The Morgan fingerprint density at radius 2 is 2.13 bits per heavy atom. The number of aliphatic hydroxyl groups excluding tert-OH is 1. The summed E-state index contributed by atoms with van der Waals surface area (Å²) in [5.41, 5.74) is 1.43. The van der Waals surface area contributed by atoms with E-state index in [1.54, 1.807) is 4.90 Å². The third kappa shape index (κ3) is 1.41. The molecule has 0 aliphatic carbocycles. The fraction of sp³-hybridized carbons (Fsp3) is 0.600. The predicted molar refractivity (Wildman–Crippen MR) is 56.8 cm³/mol. The molecule has 2 heterocycles. The fourth-order valence-corrected chi connectivity index (χ4v) is 3.38. The molecule has 0 aromatic rings. The largest absolute Gasteiger partial charge is 0.396 e. The number of carbonyl (C=O) groups is 2.